The summed E-state index contributed by atoms with van der Waals surface area (Å²) in [7, 11) is 2.04. The third-order valence-corrected chi connectivity index (χ3v) is 3.95. The average molecular weight is 267 g/mol. The molecule has 0 aliphatic rings. The van der Waals surface area contributed by atoms with Crippen LogP contribution in [0.3, 0.4) is 0 Å². The minimum absolute atomic E-state index is 0.381. The summed E-state index contributed by atoms with van der Waals surface area (Å²) in [4.78, 5) is 0. The van der Waals surface area contributed by atoms with Crippen LogP contribution in [0.1, 0.15) is 41.6 Å². The van der Waals surface area contributed by atoms with Crippen LogP contribution < -0.4 is 5.32 Å². The van der Waals surface area contributed by atoms with Gasteiger partial charge in [0.1, 0.15) is 0 Å². The molecule has 2 aromatic carbocycles. The lowest BCUT2D eigenvalue weighted by molar-refractivity contribution is 0.590. The second-order valence-corrected chi connectivity index (χ2v) is 5.46. The standard InChI is InChI=1S/C19H25N/c1-4-7-16-10-12-17(13-11-16)19(20-3)14-18-9-6-5-8-15(18)2/h5-6,8-13,19-20H,4,7,14H2,1-3H3. The van der Waals surface area contributed by atoms with E-state index in [0.717, 1.165) is 6.42 Å². The molecule has 1 N–H and O–H groups in total. The second-order valence-electron chi connectivity index (χ2n) is 5.46. The van der Waals surface area contributed by atoms with Crippen LogP contribution in [0, 0.1) is 6.92 Å². The maximum atomic E-state index is 3.45. The molecule has 0 aromatic heterocycles. The van der Waals surface area contributed by atoms with Gasteiger partial charge in [0.05, 0.1) is 0 Å². The third-order valence-electron chi connectivity index (χ3n) is 3.95. The average Bonchev–Trinajstić information content (AvgIpc) is 2.48. The van der Waals surface area contributed by atoms with Gasteiger partial charge in [-0.3, -0.25) is 0 Å². The monoisotopic (exact) mass is 267 g/mol. The Balaban J connectivity index is 2.13. The number of aryl methyl sites for hydroxylation is 2. The molecule has 0 spiro atoms. The highest BCUT2D eigenvalue weighted by atomic mass is 14.9. The van der Waals surface area contributed by atoms with Crippen molar-refractivity contribution in [1.82, 2.24) is 5.32 Å². The molecule has 0 amide bonds. The number of likely N-dealkylation sites (N-methyl/N-ethyl adjacent to an activating group) is 1. The molecule has 1 heteroatoms. The van der Waals surface area contributed by atoms with Crippen LogP contribution in [0.25, 0.3) is 0 Å². The molecule has 2 aromatic rings. The van der Waals surface area contributed by atoms with E-state index in [1.165, 1.54) is 35.1 Å². The van der Waals surface area contributed by atoms with Gasteiger partial charge in [0, 0.05) is 6.04 Å². The Kier molecular flexibility index (Phi) is 5.37. The van der Waals surface area contributed by atoms with Crippen molar-refractivity contribution in [3.8, 4) is 0 Å². The predicted octanol–water partition coefficient (Wildman–Crippen LogP) is 4.45. The first-order chi connectivity index (χ1) is 9.74. The number of nitrogens with one attached hydrogen (secondary N) is 1. The number of hydrogen-bond donors (Lipinski definition) is 1. The van der Waals surface area contributed by atoms with E-state index in [-0.39, 0.29) is 0 Å². The highest BCUT2D eigenvalue weighted by molar-refractivity contribution is 5.30. The number of rotatable bonds is 6. The van der Waals surface area contributed by atoms with E-state index >= 15 is 0 Å². The van der Waals surface area contributed by atoms with E-state index < -0.39 is 0 Å². The summed E-state index contributed by atoms with van der Waals surface area (Å²) in [6, 6.07) is 18.1. The van der Waals surface area contributed by atoms with Crippen molar-refractivity contribution >= 4 is 0 Å². The Hall–Kier alpha value is -1.60. The molecule has 20 heavy (non-hydrogen) atoms. The lowest BCUT2D eigenvalue weighted by atomic mass is 9.95. The zero-order chi connectivity index (χ0) is 14.4. The third kappa shape index (κ3) is 3.71. The minimum atomic E-state index is 0.381. The fraction of sp³-hybridized carbons (Fsp3) is 0.368. The fourth-order valence-corrected chi connectivity index (χ4v) is 2.65. The summed E-state index contributed by atoms with van der Waals surface area (Å²) in [6.07, 6.45) is 3.41. The van der Waals surface area contributed by atoms with Crippen molar-refractivity contribution < 1.29 is 0 Å². The van der Waals surface area contributed by atoms with E-state index in [4.69, 9.17) is 0 Å². The normalized spacial score (nSPS) is 12.3. The van der Waals surface area contributed by atoms with Crippen LogP contribution in [0.2, 0.25) is 0 Å². The van der Waals surface area contributed by atoms with Gasteiger partial charge in [0.25, 0.3) is 0 Å². The number of hydrogen-bond acceptors (Lipinski definition) is 1. The van der Waals surface area contributed by atoms with Crippen molar-refractivity contribution in [2.24, 2.45) is 0 Å². The largest absolute Gasteiger partial charge is 0.313 e. The summed E-state index contributed by atoms with van der Waals surface area (Å²) in [5.41, 5.74) is 5.59. The van der Waals surface area contributed by atoms with Crippen molar-refractivity contribution in [2.75, 3.05) is 7.05 Å². The van der Waals surface area contributed by atoms with E-state index in [1.807, 2.05) is 7.05 Å². The molecular formula is C19H25N. The van der Waals surface area contributed by atoms with Crippen molar-refractivity contribution in [1.29, 1.82) is 0 Å². The lowest BCUT2D eigenvalue weighted by Gasteiger charge is -2.18. The SMILES string of the molecule is CCCc1ccc(C(Cc2ccccc2C)NC)cc1. The molecule has 1 atom stereocenters. The first kappa shape index (κ1) is 14.8. The van der Waals surface area contributed by atoms with Crippen molar-refractivity contribution in [3.05, 3.63) is 70.8 Å². The molecule has 0 aliphatic carbocycles. The summed E-state index contributed by atoms with van der Waals surface area (Å²) < 4.78 is 0. The quantitative estimate of drug-likeness (QED) is 0.815. The van der Waals surface area contributed by atoms with Crippen LogP contribution in [-0.2, 0) is 12.8 Å². The van der Waals surface area contributed by atoms with Crippen LogP contribution in [-0.4, -0.2) is 7.05 Å². The summed E-state index contributed by atoms with van der Waals surface area (Å²) in [6.45, 7) is 4.41. The van der Waals surface area contributed by atoms with Gasteiger partial charge >= 0.3 is 0 Å². The Morgan fingerprint density at radius 2 is 1.70 bits per heavy atom. The van der Waals surface area contributed by atoms with E-state index in [0.29, 0.717) is 6.04 Å². The van der Waals surface area contributed by atoms with E-state index in [9.17, 15) is 0 Å². The molecule has 1 unspecified atom stereocenters. The van der Waals surface area contributed by atoms with Crippen LogP contribution in [0.5, 0.6) is 0 Å². The van der Waals surface area contributed by atoms with Gasteiger partial charge in [-0.2, -0.15) is 0 Å². The highest BCUT2D eigenvalue weighted by Gasteiger charge is 2.11. The van der Waals surface area contributed by atoms with Gasteiger partial charge in [0.15, 0.2) is 0 Å². The van der Waals surface area contributed by atoms with Crippen molar-refractivity contribution in [3.63, 3.8) is 0 Å². The van der Waals surface area contributed by atoms with Gasteiger partial charge in [0.2, 0.25) is 0 Å². The van der Waals surface area contributed by atoms with E-state index in [1.54, 1.807) is 0 Å². The zero-order valence-corrected chi connectivity index (χ0v) is 12.8. The molecule has 0 saturated heterocycles. The van der Waals surface area contributed by atoms with Gasteiger partial charge in [-0.25, -0.2) is 0 Å². The van der Waals surface area contributed by atoms with Gasteiger partial charge in [-0.15, -0.1) is 0 Å². The maximum absolute atomic E-state index is 3.45. The smallest absolute Gasteiger partial charge is 0.0358 e. The minimum Gasteiger partial charge on any atom is -0.313 e. The van der Waals surface area contributed by atoms with Gasteiger partial charge < -0.3 is 5.32 Å². The first-order valence-electron chi connectivity index (χ1n) is 7.55. The van der Waals surface area contributed by atoms with Crippen LogP contribution in [0.15, 0.2) is 48.5 Å². The Bertz CT molecular complexity index is 528. The lowest BCUT2D eigenvalue weighted by Crippen LogP contribution is -2.19. The fourth-order valence-electron chi connectivity index (χ4n) is 2.65. The molecule has 0 fully saturated rings. The summed E-state index contributed by atoms with van der Waals surface area (Å²) in [5, 5.41) is 3.45. The second kappa shape index (κ2) is 7.25. The molecule has 0 heterocycles. The maximum Gasteiger partial charge on any atom is 0.0358 e. The Labute approximate surface area is 123 Å². The molecule has 0 aliphatic heterocycles. The zero-order valence-electron chi connectivity index (χ0n) is 12.8. The molecule has 2 rings (SSSR count). The van der Waals surface area contributed by atoms with Gasteiger partial charge in [-0.1, -0.05) is 61.9 Å². The topological polar surface area (TPSA) is 12.0 Å². The van der Waals surface area contributed by atoms with Crippen molar-refractivity contribution in [2.45, 2.75) is 39.2 Å². The molecule has 0 radical (unpaired) electrons. The van der Waals surface area contributed by atoms with Crippen LogP contribution in [0.4, 0.5) is 0 Å². The van der Waals surface area contributed by atoms with E-state index in [2.05, 4.69) is 67.7 Å². The molecule has 0 saturated carbocycles. The van der Waals surface area contributed by atoms with Gasteiger partial charge in [-0.05, 0) is 49.1 Å². The summed E-state index contributed by atoms with van der Waals surface area (Å²) >= 11 is 0. The molecule has 106 valence electrons. The Morgan fingerprint density at radius 3 is 2.30 bits per heavy atom. The summed E-state index contributed by atoms with van der Waals surface area (Å²) in [5.74, 6) is 0. The Morgan fingerprint density at radius 1 is 1.00 bits per heavy atom. The molecular weight excluding hydrogens is 242 g/mol. The first-order valence-corrected chi connectivity index (χ1v) is 7.55. The number of benzene rings is 2. The highest BCUT2D eigenvalue weighted by Crippen LogP contribution is 2.21. The van der Waals surface area contributed by atoms with Crippen LogP contribution >= 0.6 is 0 Å². The molecule has 0 bridgehead atoms. The predicted molar refractivity (Wildman–Crippen MR) is 87.1 cm³/mol. The molecule has 1 nitrogen and oxygen atoms in total.